The first-order chi connectivity index (χ1) is 12.0. The molecule has 2 aromatic rings. The minimum atomic E-state index is -0.278. The van der Waals surface area contributed by atoms with Gasteiger partial charge in [-0.05, 0) is 61.1 Å². The molecule has 2 atom stereocenters. The monoisotopic (exact) mass is 360 g/mol. The molecule has 25 heavy (non-hydrogen) atoms. The number of amides is 2. The number of hydrogen-bond donors (Lipinski definition) is 1. The third-order valence-electron chi connectivity index (χ3n) is 4.86. The van der Waals surface area contributed by atoms with E-state index >= 15 is 0 Å². The third kappa shape index (κ3) is 4.31. The van der Waals surface area contributed by atoms with Crippen LogP contribution in [0.1, 0.15) is 43.0 Å². The lowest BCUT2D eigenvalue weighted by molar-refractivity contribution is 0.189. The average Bonchev–Trinajstić information content (AvgIpc) is 3.45. The average molecular weight is 361 g/mol. The van der Waals surface area contributed by atoms with Gasteiger partial charge in [-0.2, -0.15) is 0 Å². The van der Waals surface area contributed by atoms with Crippen LogP contribution in [-0.2, 0) is 0 Å². The van der Waals surface area contributed by atoms with E-state index in [2.05, 4.69) is 5.32 Å². The van der Waals surface area contributed by atoms with Gasteiger partial charge in [0.15, 0.2) is 0 Å². The molecule has 0 saturated heterocycles. The first kappa shape index (κ1) is 17.7. The summed E-state index contributed by atoms with van der Waals surface area (Å²) in [6.07, 6.45) is 2.23. The number of rotatable bonds is 5. The highest BCUT2D eigenvalue weighted by Gasteiger charge is 2.34. The Morgan fingerprint density at radius 1 is 1.12 bits per heavy atom. The molecule has 132 valence electrons. The van der Waals surface area contributed by atoms with Crippen LogP contribution in [0.4, 0.5) is 9.18 Å². The van der Waals surface area contributed by atoms with Crippen molar-refractivity contribution in [3.05, 3.63) is 70.5 Å². The molecule has 0 aromatic heterocycles. The lowest BCUT2D eigenvalue weighted by Crippen LogP contribution is -2.41. The Kier molecular flexibility index (Phi) is 5.28. The smallest absolute Gasteiger partial charge is 0.318 e. The van der Waals surface area contributed by atoms with E-state index < -0.39 is 0 Å². The van der Waals surface area contributed by atoms with Crippen LogP contribution in [0.25, 0.3) is 0 Å². The highest BCUT2D eigenvalue weighted by atomic mass is 35.5. The van der Waals surface area contributed by atoms with E-state index in [0.29, 0.717) is 10.9 Å². The number of urea groups is 1. The number of nitrogens with one attached hydrogen (secondary N) is 1. The number of nitrogens with zero attached hydrogens (tertiary/aromatic N) is 1. The largest absolute Gasteiger partial charge is 0.331 e. The van der Waals surface area contributed by atoms with Crippen molar-refractivity contribution in [3.63, 3.8) is 0 Å². The first-order valence-electron chi connectivity index (χ1n) is 8.50. The fourth-order valence-corrected chi connectivity index (χ4v) is 3.07. The molecule has 1 fully saturated rings. The molecule has 0 spiro atoms. The fraction of sp³-hybridized carbons (Fsp3) is 0.350. The fourth-order valence-electron chi connectivity index (χ4n) is 2.95. The van der Waals surface area contributed by atoms with E-state index in [4.69, 9.17) is 11.6 Å². The van der Waals surface area contributed by atoms with E-state index in [1.165, 1.54) is 12.1 Å². The van der Waals surface area contributed by atoms with Crippen LogP contribution in [0.5, 0.6) is 0 Å². The summed E-state index contributed by atoms with van der Waals surface area (Å²) in [5, 5.41) is 3.83. The summed E-state index contributed by atoms with van der Waals surface area (Å²) < 4.78 is 13.1. The van der Waals surface area contributed by atoms with Gasteiger partial charge < -0.3 is 10.2 Å². The Balaban J connectivity index is 1.70. The molecule has 1 N–H and O–H groups in total. The van der Waals surface area contributed by atoms with Crippen LogP contribution in [0, 0.1) is 11.7 Å². The van der Waals surface area contributed by atoms with Gasteiger partial charge in [0.05, 0.1) is 12.1 Å². The number of benzene rings is 2. The van der Waals surface area contributed by atoms with Gasteiger partial charge in [-0.3, -0.25) is 0 Å². The normalized spacial score (nSPS) is 16.2. The van der Waals surface area contributed by atoms with Gasteiger partial charge in [0, 0.05) is 12.1 Å². The molecule has 0 heterocycles. The molecule has 1 aliphatic carbocycles. The molecule has 0 bridgehead atoms. The third-order valence-corrected chi connectivity index (χ3v) is 5.11. The molecule has 1 saturated carbocycles. The van der Waals surface area contributed by atoms with Crippen molar-refractivity contribution >= 4 is 17.6 Å². The van der Waals surface area contributed by atoms with Gasteiger partial charge in [-0.1, -0.05) is 35.9 Å². The predicted molar refractivity (Wildman–Crippen MR) is 98.0 cm³/mol. The van der Waals surface area contributed by atoms with Gasteiger partial charge in [0.25, 0.3) is 0 Å². The molecule has 0 unspecified atom stereocenters. The second-order valence-electron chi connectivity index (χ2n) is 6.65. The van der Waals surface area contributed by atoms with E-state index in [0.717, 1.165) is 24.0 Å². The highest BCUT2D eigenvalue weighted by molar-refractivity contribution is 6.30. The Labute approximate surface area is 152 Å². The molecule has 0 radical (unpaired) electrons. The van der Waals surface area contributed by atoms with Crippen molar-refractivity contribution in [2.75, 3.05) is 7.05 Å². The Bertz CT molecular complexity index is 728. The maximum absolute atomic E-state index is 13.1. The molecule has 0 aliphatic heterocycles. The summed E-state index contributed by atoms with van der Waals surface area (Å²) in [6.45, 7) is 1.93. The zero-order chi connectivity index (χ0) is 18.0. The first-order valence-corrected chi connectivity index (χ1v) is 8.88. The number of hydrogen-bond acceptors (Lipinski definition) is 1. The second-order valence-corrected chi connectivity index (χ2v) is 7.09. The number of carbonyl (C=O) groups excluding carboxylic acids is 1. The van der Waals surface area contributed by atoms with Crippen LogP contribution < -0.4 is 5.32 Å². The van der Waals surface area contributed by atoms with Crippen molar-refractivity contribution in [2.24, 2.45) is 5.92 Å². The van der Waals surface area contributed by atoms with Crippen molar-refractivity contribution < 1.29 is 9.18 Å². The number of halogens is 2. The molecular weight excluding hydrogens is 339 g/mol. The summed E-state index contributed by atoms with van der Waals surface area (Å²) in [4.78, 5) is 14.4. The predicted octanol–water partition coefficient (Wildman–Crippen LogP) is 5.33. The molecule has 1 aliphatic rings. The van der Waals surface area contributed by atoms with Crippen LogP contribution in [0.3, 0.4) is 0 Å². The second kappa shape index (κ2) is 7.44. The number of carbonyl (C=O) groups is 1. The summed E-state index contributed by atoms with van der Waals surface area (Å²) in [5.74, 6) is 0.194. The van der Waals surface area contributed by atoms with Crippen LogP contribution in [0.15, 0.2) is 48.5 Å². The summed E-state index contributed by atoms with van der Waals surface area (Å²) >= 11 is 5.97. The van der Waals surface area contributed by atoms with Crippen molar-refractivity contribution in [3.8, 4) is 0 Å². The molecule has 3 nitrogen and oxygen atoms in total. The summed E-state index contributed by atoms with van der Waals surface area (Å²) in [6, 6.07) is 13.6. The molecule has 2 amide bonds. The zero-order valence-corrected chi connectivity index (χ0v) is 15.1. The summed E-state index contributed by atoms with van der Waals surface area (Å²) in [7, 11) is 1.76. The van der Waals surface area contributed by atoms with Crippen molar-refractivity contribution in [1.29, 1.82) is 0 Å². The SMILES string of the molecule is C[C@H](c1ccc(F)cc1)N(C)C(=O)N[C@@H](c1ccc(Cl)cc1)C1CC1. The van der Waals surface area contributed by atoms with Gasteiger partial charge in [0.2, 0.25) is 0 Å². The van der Waals surface area contributed by atoms with Crippen LogP contribution >= 0.6 is 11.6 Å². The molecule has 2 aromatic carbocycles. The quantitative estimate of drug-likeness (QED) is 0.767. The minimum Gasteiger partial charge on any atom is -0.331 e. The Morgan fingerprint density at radius 3 is 2.24 bits per heavy atom. The Hall–Kier alpha value is -2.07. The lowest BCUT2D eigenvalue weighted by Gasteiger charge is -2.28. The van der Waals surface area contributed by atoms with E-state index in [-0.39, 0.29) is 23.9 Å². The van der Waals surface area contributed by atoms with Gasteiger partial charge >= 0.3 is 6.03 Å². The van der Waals surface area contributed by atoms with Gasteiger partial charge in [-0.15, -0.1) is 0 Å². The van der Waals surface area contributed by atoms with Crippen molar-refractivity contribution in [2.45, 2.75) is 31.8 Å². The van der Waals surface area contributed by atoms with Crippen LogP contribution in [-0.4, -0.2) is 18.0 Å². The van der Waals surface area contributed by atoms with E-state index in [1.807, 2.05) is 31.2 Å². The summed E-state index contributed by atoms with van der Waals surface area (Å²) in [5.41, 5.74) is 1.97. The standard InChI is InChI=1S/C20H22ClFN2O/c1-13(14-7-11-18(22)12-8-14)24(2)20(25)23-19(15-3-4-15)16-5-9-17(21)10-6-16/h5-13,15,19H,3-4H2,1-2H3,(H,23,25)/t13-,19-/m1/s1. The van der Waals surface area contributed by atoms with Gasteiger partial charge in [-0.25, -0.2) is 9.18 Å². The van der Waals surface area contributed by atoms with E-state index in [1.54, 1.807) is 24.1 Å². The Morgan fingerprint density at radius 2 is 1.68 bits per heavy atom. The zero-order valence-electron chi connectivity index (χ0n) is 14.4. The molecular formula is C20H22ClFN2O. The highest BCUT2D eigenvalue weighted by Crippen LogP contribution is 2.41. The maximum atomic E-state index is 13.1. The lowest BCUT2D eigenvalue weighted by atomic mass is 10.0. The topological polar surface area (TPSA) is 32.3 Å². The molecule has 5 heteroatoms. The van der Waals surface area contributed by atoms with E-state index in [9.17, 15) is 9.18 Å². The van der Waals surface area contributed by atoms with Crippen molar-refractivity contribution in [1.82, 2.24) is 10.2 Å². The van der Waals surface area contributed by atoms with Gasteiger partial charge in [0.1, 0.15) is 5.82 Å². The molecule has 3 rings (SSSR count). The maximum Gasteiger partial charge on any atom is 0.318 e. The van der Waals surface area contributed by atoms with Crippen LogP contribution in [0.2, 0.25) is 5.02 Å². The minimum absolute atomic E-state index is 0.00682.